The van der Waals surface area contributed by atoms with Crippen LogP contribution in [0.1, 0.15) is 17.0 Å². The van der Waals surface area contributed by atoms with Crippen LogP contribution in [0, 0.1) is 11.3 Å². The molecule has 0 radical (unpaired) electrons. The van der Waals surface area contributed by atoms with Crippen LogP contribution in [0.5, 0.6) is 0 Å². The second kappa shape index (κ2) is 7.53. The van der Waals surface area contributed by atoms with E-state index in [1.54, 1.807) is 22.8 Å². The van der Waals surface area contributed by atoms with Gasteiger partial charge in [0.2, 0.25) is 5.91 Å². The number of carbonyl (C=O) groups excluding carboxylic acids is 1. The fraction of sp³-hybridized carbons (Fsp3) is 0.235. The van der Waals surface area contributed by atoms with Gasteiger partial charge in [-0.15, -0.1) is 22.7 Å². The van der Waals surface area contributed by atoms with Crippen molar-refractivity contribution in [3.8, 4) is 6.07 Å². The number of rotatable bonds is 6. The molecule has 0 saturated heterocycles. The molecule has 2 heterocycles. The number of nitrogens with zero attached hydrogens (tertiary/aromatic N) is 3. The molecule has 0 unspecified atom stereocenters. The molecule has 0 saturated carbocycles. The van der Waals surface area contributed by atoms with Crippen LogP contribution in [-0.4, -0.2) is 29.4 Å². The molecule has 1 aromatic carbocycles. The highest BCUT2D eigenvalue weighted by Gasteiger charge is 2.11. The molecule has 3 aromatic rings. The Balaban J connectivity index is 1.51. The molecular weight excluding hydrogens is 340 g/mol. The average Bonchev–Trinajstić information content (AvgIpc) is 3.18. The first-order chi connectivity index (χ1) is 11.7. The van der Waals surface area contributed by atoms with E-state index in [1.807, 2.05) is 25.2 Å². The van der Waals surface area contributed by atoms with Crippen molar-refractivity contribution in [1.82, 2.24) is 9.88 Å². The Morgan fingerprint density at radius 2 is 2.21 bits per heavy atom. The van der Waals surface area contributed by atoms with E-state index >= 15 is 0 Å². The minimum atomic E-state index is -0.0786. The SMILES string of the molecule is CN(CCC(=O)Nc1sccc1C#N)Cc1nc2ccccc2s1. The summed E-state index contributed by atoms with van der Waals surface area (Å²) >= 11 is 3.05. The van der Waals surface area contributed by atoms with Gasteiger partial charge in [-0.25, -0.2) is 4.98 Å². The van der Waals surface area contributed by atoms with Crippen molar-refractivity contribution in [2.75, 3.05) is 18.9 Å². The van der Waals surface area contributed by atoms with Gasteiger partial charge in [-0.2, -0.15) is 5.26 Å². The van der Waals surface area contributed by atoms with Crippen LogP contribution in [0.25, 0.3) is 10.2 Å². The van der Waals surface area contributed by atoms with Gasteiger partial charge < -0.3 is 5.32 Å². The summed E-state index contributed by atoms with van der Waals surface area (Å²) in [7, 11) is 1.98. The third-order valence-electron chi connectivity index (χ3n) is 3.50. The molecule has 0 aliphatic rings. The molecule has 0 spiro atoms. The highest BCUT2D eigenvalue weighted by atomic mass is 32.1. The van der Waals surface area contributed by atoms with Crippen LogP contribution in [0.3, 0.4) is 0 Å². The van der Waals surface area contributed by atoms with Crippen LogP contribution in [-0.2, 0) is 11.3 Å². The minimum absolute atomic E-state index is 0.0786. The van der Waals surface area contributed by atoms with E-state index in [-0.39, 0.29) is 5.91 Å². The highest BCUT2D eigenvalue weighted by Crippen LogP contribution is 2.23. The second-order valence-corrected chi connectivity index (χ2v) is 7.42. The molecule has 0 fully saturated rings. The predicted octanol–water partition coefficient (Wildman–Crippen LogP) is 3.69. The maximum absolute atomic E-state index is 12.0. The lowest BCUT2D eigenvalue weighted by Crippen LogP contribution is -2.23. The lowest BCUT2D eigenvalue weighted by molar-refractivity contribution is -0.116. The fourth-order valence-electron chi connectivity index (χ4n) is 2.27. The van der Waals surface area contributed by atoms with Crippen molar-refractivity contribution in [3.05, 3.63) is 46.3 Å². The molecule has 5 nitrogen and oxygen atoms in total. The first kappa shape index (κ1) is 16.6. The van der Waals surface area contributed by atoms with Gasteiger partial charge in [0.1, 0.15) is 16.1 Å². The van der Waals surface area contributed by atoms with Crippen LogP contribution in [0.4, 0.5) is 5.00 Å². The Bertz CT molecular complexity index is 860. The number of benzene rings is 1. The molecular formula is C17H16N4OS2. The monoisotopic (exact) mass is 356 g/mol. The molecule has 0 aliphatic carbocycles. The number of anilines is 1. The Morgan fingerprint density at radius 3 is 3.00 bits per heavy atom. The van der Waals surface area contributed by atoms with Gasteiger partial charge in [0.25, 0.3) is 0 Å². The number of fused-ring (bicyclic) bond motifs is 1. The topological polar surface area (TPSA) is 69.0 Å². The smallest absolute Gasteiger partial charge is 0.226 e. The van der Waals surface area contributed by atoms with E-state index < -0.39 is 0 Å². The quantitative estimate of drug-likeness (QED) is 0.731. The molecule has 122 valence electrons. The van der Waals surface area contributed by atoms with E-state index in [2.05, 4.69) is 27.3 Å². The standard InChI is InChI=1S/C17H16N4OS2/c1-21(11-16-19-13-4-2-3-5-14(13)24-16)8-6-15(22)20-17-12(10-18)7-9-23-17/h2-5,7,9H,6,8,11H2,1H3,(H,20,22). The van der Waals surface area contributed by atoms with E-state index in [1.165, 1.54) is 16.0 Å². The third kappa shape index (κ3) is 3.97. The van der Waals surface area contributed by atoms with Crippen molar-refractivity contribution < 1.29 is 4.79 Å². The van der Waals surface area contributed by atoms with Gasteiger partial charge in [0.15, 0.2) is 0 Å². The normalized spacial score (nSPS) is 10.9. The number of aromatic nitrogens is 1. The van der Waals surface area contributed by atoms with E-state index in [4.69, 9.17) is 5.26 Å². The molecule has 2 aromatic heterocycles. The van der Waals surface area contributed by atoms with E-state index in [9.17, 15) is 4.79 Å². The Kier molecular flexibility index (Phi) is 5.20. The number of amides is 1. The number of nitrogens with one attached hydrogen (secondary N) is 1. The Labute approximate surface area is 148 Å². The number of carbonyl (C=O) groups is 1. The molecule has 0 atom stereocenters. The average molecular weight is 356 g/mol. The van der Waals surface area contributed by atoms with Crippen LogP contribution >= 0.6 is 22.7 Å². The molecule has 0 bridgehead atoms. The van der Waals surface area contributed by atoms with E-state index in [0.717, 1.165) is 17.1 Å². The summed E-state index contributed by atoms with van der Waals surface area (Å²) < 4.78 is 1.18. The maximum atomic E-state index is 12.0. The first-order valence-electron chi connectivity index (χ1n) is 7.46. The molecule has 7 heteroatoms. The number of hydrogen-bond donors (Lipinski definition) is 1. The number of thiophene rings is 1. The first-order valence-corrected chi connectivity index (χ1v) is 9.16. The van der Waals surface area contributed by atoms with Gasteiger partial charge in [-0.05, 0) is 30.6 Å². The molecule has 1 amide bonds. The van der Waals surface area contributed by atoms with Gasteiger partial charge >= 0.3 is 0 Å². The zero-order valence-corrected chi connectivity index (χ0v) is 14.8. The number of hydrogen-bond acceptors (Lipinski definition) is 6. The number of thiazole rings is 1. The van der Waals surface area contributed by atoms with Crippen molar-refractivity contribution in [3.63, 3.8) is 0 Å². The zero-order valence-electron chi connectivity index (χ0n) is 13.2. The maximum Gasteiger partial charge on any atom is 0.226 e. The third-order valence-corrected chi connectivity index (χ3v) is 5.35. The van der Waals surface area contributed by atoms with Gasteiger partial charge in [-0.3, -0.25) is 9.69 Å². The largest absolute Gasteiger partial charge is 0.317 e. The van der Waals surface area contributed by atoms with Crippen LogP contribution < -0.4 is 5.32 Å². The Hall–Kier alpha value is -2.27. The second-order valence-electron chi connectivity index (χ2n) is 5.39. The molecule has 0 aliphatic heterocycles. The van der Waals surface area contributed by atoms with Crippen molar-refractivity contribution >= 4 is 43.8 Å². The Morgan fingerprint density at radius 1 is 1.38 bits per heavy atom. The van der Waals surface area contributed by atoms with Gasteiger partial charge in [-0.1, -0.05) is 12.1 Å². The summed E-state index contributed by atoms with van der Waals surface area (Å²) in [6.07, 6.45) is 0.379. The minimum Gasteiger partial charge on any atom is -0.317 e. The summed E-state index contributed by atoms with van der Waals surface area (Å²) in [5.74, 6) is -0.0786. The summed E-state index contributed by atoms with van der Waals surface area (Å²) in [6, 6.07) is 11.9. The van der Waals surface area contributed by atoms with Gasteiger partial charge in [0, 0.05) is 13.0 Å². The molecule has 1 N–H and O–H groups in total. The van der Waals surface area contributed by atoms with Crippen molar-refractivity contribution in [2.45, 2.75) is 13.0 Å². The fourth-order valence-corrected chi connectivity index (χ4v) is 4.07. The van der Waals surface area contributed by atoms with Gasteiger partial charge in [0.05, 0.1) is 22.3 Å². The zero-order chi connectivity index (χ0) is 16.9. The van der Waals surface area contributed by atoms with Crippen molar-refractivity contribution in [2.24, 2.45) is 0 Å². The number of nitriles is 1. The number of para-hydroxylation sites is 1. The van der Waals surface area contributed by atoms with Crippen LogP contribution in [0.2, 0.25) is 0 Å². The summed E-state index contributed by atoms with van der Waals surface area (Å²) in [4.78, 5) is 18.7. The summed E-state index contributed by atoms with van der Waals surface area (Å²) in [6.45, 7) is 1.35. The highest BCUT2D eigenvalue weighted by molar-refractivity contribution is 7.18. The summed E-state index contributed by atoms with van der Waals surface area (Å²) in [5.41, 5.74) is 1.53. The van der Waals surface area contributed by atoms with Crippen LogP contribution in [0.15, 0.2) is 35.7 Å². The lowest BCUT2D eigenvalue weighted by Gasteiger charge is -2.14. The lowest BCUT2D eigenvalue weighted by atomic mass is 10.3. The van der Waals surface area contributed by atoms with Crippen molar-refractivity contribution in [1.29, 1.82) is 5.26 Å². The van der Waals surface area contributed by atoms with E-state index in [0.29, 0.717) is 23.5 Å². The molecule has 3 rings (SSSR count). The predicted molar refractivity (Wildman–Crippen MR) is 98.2 cm³/mol. The summed E-state index contributed by atoms with van der Waals surface area (Å²) in [5, 5.41) is 15.2. The molecule has 24 heavy (non-hydrogen) atoms.